The van der Waals surface area contributed by atoms with Gasteiger partial charge in [-0.1, -0.05) is 39.5 Å². The fourth-order valence-corrected chi connectivity index (χ4v) is 1.17. The Balaban J connectivity index is 3.21. The molecule has 1 nitrogen and oxygen atoms in total. The Morgan fingerprint density at radius 1 is 1.40 bits per heavy atom. The van der Waals surface area contributed by atoms with Crippen molar-refractivity contribution in [2.24, 2.45) is 11.7 Å². The topological polar surface area (TPSA) is 26.0 Å². The van der Waals surface area contributed by atoms with Gasteiger partial charge in [-0.15, -0.1) is 0 Å². The molecule has 0 saturated heterocycles. The molecule has 0 fully saturated rings. The molecule has 0 rings (SSSR count). The van der Waals surface area contributed by atoms with Crippen molar-refractivity contribution in [3.63, 3.8) is 0 Å². The van der Waals surface area contributed by atoms with Crippen molar-refractivity contribution in [2.75, 3.05) is 0 Å². The normalized spacial score (nSPS) is 13.5. The second-order valence-corrected chi connectivity index (χ2v) is 2.89. The predicted molar refractivity (Wildman–Crippen MR) is 46.4 cm³/mol. The molecule has 0 amide bonds. The van der Waals surface area contributed by atoms with Gasteiger partial charge in [0.15, 0.2) is 0 Å². The largest absolute Gasteiger partial charge is 0.326 e. The van der Waals surface area contributed by atoms with Crippen LogP contribution in [0.3, 0.4) is 0 Å². The molecule has 0 bridgehead atoms. The minimum Gasteiger partial charge on any atom is -0.326 e. The number of nitrogens with two attached hydrogens (primary N) is 1. The van der Waals surface area contributed by atoms with Crippen molar-refractivity contribution >= 4 is 0 Å². The first-order valence-electron chi connectivity index (χ1n) is 4.38. The molecule has 0 heterocycles. The first-order chi connectivity index (χ1) is 4.85. The predicted octanol–water partition coefficient (Wildman–Crippen LogP) is 2.71. The van der Waals surface area contributed by atoms with Gasteiger partial charge in [0.2, 0.25) is 0 Å². The third kappa shape index (κ3) is 4.80. The molecule has 0 aromatic rings. The Morgan fingerprint density at radius 3 is 2.50 bits per heavy atom. The maximum Gasteiger partial charge on any atom is 0.0195 e. The van der Waals surface area contributed by atoms with E-state index in [0.29, 0.717) is 0 Å². The van der Waals surface area contributed by atoms with Crippen molar-refractivity contribution in [3.8, 4) is 0 Å². The summed E-state index contributed by atoms with van der Waals surface area (Å²) in [5.74, 6) is 0.838. The molecule has 0 aliphatic carbocycles. The molecule has 1 atom stereocenters. The van der Waals surface area contributed by atoms with Gasteiger partial charge in [0, 0.05) is 6.54 Å². The van der Waals surface area contributed by atoms with Crippen LogP contribution in [0, 0.1) is 12.5 Å². The summed E-state index contributed by atoms with van der Waals surface area (Å²) in [6, 6.07) is 0. The summed E-state index contributed by atoms with van der Waals surface area (Å²) in [7, 11) is 0. The molecular weight excluding hydrogens is 122 g/mol. The highest BCUT2D eigenvalue weighted by atomic mass is 14.5. The summed E-state index contributed by atoms with van der Waals surface area (Å²) in [5.41, 5.74) is 5.35. The highest BCUT2D eigenvalue weighted by Gasteiger charge is 2.02. The lowest BCUT2D eigenvalue weighted by Gasteiger charge is -2.11. The highest BCUT2D eigenvalue weighted by molar-refractivity contribution is 4.64. The van der Waals surface area contributed by atoms with E-state index in [1.807, 2.05) is 0 Å². The van der Waals surface area contributed by atoms with E-state index in [-0.39, 0.29) is 0 Å². The monoisotopic (exact) mass is 142 g/mol. The van der Waals surface area contributed by atoms with Crippen LogP contribution in [0.4, 0.5) is 0 Å². The molecule has 0 aliphatic heterocycles. The average molecular weight is 142 g/mol. The van der Waals surface area contributed by atoms with E-state index < -0.39 is 0 Å². The lowest BCUT2D eigenvalue weighted by molar-refractivity contribution is 0.444. The minimum atomic E-state index is 0.838. The third-order valence-corrected chi connectivity index (χ3v) is 2.01. The van der Waals surface area contributed by atoms with Gasteiger partial charge in [0.25, 0.3) is 0 Å². The summed E-state index contributed by atoms with van der Waals surface area (Å²) in [6.07, 6.45) is 6.37. The van der Waals surface area contributed by atoms with Gasteiger partial charge in [-0.05, 0) is 12.3 Å². The van der Waals surface area contributed by atoms with E-state index >= 15 is 0 Å². The first-order valence-corrected chi connectivity index (χ1v) is 4.38. The zero-order valence-corrected chi connectivity index (χ0v) is 7.27. The van der Waals surface area contributed by atoms with Crippen LogP contribution in [-0.4, -0.2) is 0 Å². The molecule has 0 spiro atoms. The Hall–Kier alpha value is -0.0400. The van der Waals surface area contributed by atoms with Crippen LogP contribution in [0.1, 0.15) is 46.0 Å². The molecule has 10 heavy (non-hydrogen) atoms. The van der Waals surface area contributed by atoms with Crippen LogP contribution in [0.5, 0.6) is 0 Å². The lowest BCUT2D eigenvalue weighted by Crippen LogP contribution is -2.02. The Kier molecular flexibility index (Phi) is 7.04. The Morgan fingerprint density at radius 2 is 2.10 bits per heavy atom. The van der Waals surface area contributed by atoms with Crippen LogP contribution in [-0.2, 0) is 0 Å². The summed E-state index contributed by atoms with van der Waals surface area (Å²) < 4.78 is 0. The van der Waals surface area contributed by atoms with Gasteiger partial charge in [-0.25, -0.2) is 0 Å². The van der Waals surface area contributed by atoms with Crippen molar-refractivity contribution < 1.29 is 0 Å². The fraction of sp³-hybridized carbons (Fsp3) is 0.889. The summed E-state index contributed by atoms with van der Waals surface area (Å²) in [4.78, 5) is 0. The van der Waals surface area contributed by atoms with E-state index in [1.165, 1.54) is 25.7 Å². The van der Waals surface area contributed by atoms with Crippen LogP contribution in [0.25, 0.3) is 0 Å². The van der Waals surface area contributed by atoms with Crippen LogP contribution in [0.2, 0.25) is 0 Å². The number of hydrogen-bond acceptors (Lipinski definition) is 1. The van der Waals surface area contributed by atoms with Crippen LogP contribution in [0.15, 0.2) is 0 Å². The fourth-order valence-electron chi connectivity index (χ4n) is 1.17. The molecule has 0 aliphatic rings. The van der Waals surface area contributed by atoms with Gasteiger partial charge < -0.3 is 5.73 Å². The third-order valence-electron chi connectivity index (χ3n) is 2.01. The summed E-state index contributed by atoms with van der Waals surface area (Å²) in [6.45, 7) is 6.27. The van der Waals surface area contributed by atoms with E-state index in [4.69, 9.17) is 5.73 Å². The number of hydrogen-bond donors (Lipinski definition) is 1. The zero-order chi connectivity index (χ0) is 7.82. The molecular formula is C9H20N. The van der Waals surface area contributed by atoms with Crippen LogP contribution >= 0.6 is 0 Å². The van der Waals surface area contributed by atoms with Crippen molar-refractivity contribution in [1.29, 1.82) is 0 Å². The summed E-state index contributed by atoms with van der Waals surface area (Å²) >= 11 is 0. The second-order valence-electron chi connectivity index (χ2n) is 2.89. The first kappa shape index (κ1) is 9.96. The molecule has 0 aromatic carbocycles. The quantitative estimate of drug-likeness (QED) is 0.606. The Bertz CT molecular complexity index is 61.7. The average Bonchev–Trinajstić information content (AvgIpc) is 1.98. The number of unbranched alkanes of at least 4 members (excludes halogenated alkanes) is 1. The van der Waals surface area contributed by atoms with Crippen molar-refractivity contribution in [3.05, 3.63) is 6.54 Å². The highest BCUT2D eigenvalue weighted by Crippen LogP contribution is 2.16. The maximum absolute atomic E-state index is 5.35. The van der Waals surface area contributed by atoms with E-state index in [1.54, 1.807) is 6.54 Å². The smallest absolute Gasteiger partial charge is 0.0195 e. The van der Waals surface area contributed by atoms with Crippen molar-refractivity contribution in [2.45, 2.75) is 46.0 Å². The van der Waals surface area contributed by atoms with Gasteiger partial charge in [0.1, 0.15) is 0 Å². The lowest BCUT2D eigenvalue weighted by atomic mass is 9.96. The number of rotatable bonds is 6. The molecule has 1 radical (unpaired) electrons. The standard InChI is InChI=1S/C9H20N/c1-3-5-6-9(4-2)7-8-10/h8-9H,3-7,10H2,1-2H3. The van der Waals surface area contributed by atoms with Gasteiger partial charge >= 0.3 is 0 Å². The van der Waals surface area contributed by atoms with Gasteiger partial charge in [-0.3, -0.25) is 0 Å². The van der Waals surface area contributed by atoms with E-state index in [9.17, 15) is 0 Å². The second kappa shape index (κ2) is 7.07. The van der Waals surface area contributed by atoms with Crippen molar-refractivity contribution in [1.82, 2.24) is 0 Å². The maximum atomic E-state index is 5.35. The SMILES string of the molecule is CCCCC(CC)C[CH]N. The molecule has 1 heteroatoms. The molecule has 2 N–H and O–H groups in total. The van der Waals surface area contributed by atoms with Crippen LogP contribution < -0.4 is 5.73 Å². The summed E-state index contributed by atoms with van der Waals surface area (Å²) in [5, 5.41) is 0. The molecule has 61 valence electrons. The molecule has 0 saturated carbocycles. The Labute approximate surface area is 65.0 Å². The van der Waals surface area contributed by atoms with E-state index in [2.05, 4.69) is 13.8 Å². The molecule has 0 aromatic heterocycles. The minimum absolute atomic E-state index is 0.838. The van der Waals surface area contributed by atoms with Gasteiger partial charge in [-0.2, -0.15) is 0 Å². The van der Waals surface area contributed by atoms with Gasteiger partial charge in [0.05, 0.1) is 0 Å². The van der Waals surface area contributed by atoms with E-state index in [0.717, 1.165) is 12.3 Å². The zero-order valence-electron chi connectivity index (χ0n) is 7.27. The molecule has 1 unspecified atom stereocenters.